The zero-order valence-corrected chi connectivity index (χ0v) is 10.1. The summed E-state index contributed by atoms with van der Waals surface area (Å²) >= 11 is 0. The topological polar surface area (TPSA) is 60.2 Å². The van der Waals surface area contributed by atoms with Crippen LogP contribution in [0, 0.1) is 5.92 Å². The zero-order valence-electron chi connectivity index (χ0n) is 9.24. The van der Waals surface area contributed by atoms with Gasteiger partial charge in [0.15, 0.2) is 0 Å². The van der Waals surface area contributed by atoms with Crippen molar-refractivity contribution in [3.63, 3.8) is 0 Å². The van der Waals surface area contributed by atoms with Crippen molar-refractivity contribution in [3.05, 3.63) is 24.3 Å². The molecule has 0 aromatic carbocycles. The Morgan fingerprint density at radius 1 is 1.41 bits per heavy atom. The summed E-state index contributed by atoms with van der Waals surface area (Å²) in [4.78, 5) is 0. The highest BCUT2D eigenvalue weighted by molar-refractivity contribution is 7.90. The number of hydrogen-bond donors (Lipinski definition) is 1. The highest BCUT2D eigenvalue weighted by Crippen LogP contribution is 2.39. The van der Waals surface area contributed by atoms with Crippen molar-refractivity contribution in [2.24, 2.45) is 11.1 Å². The fraction of sp³-hybridized carbons (Fsp3) is 0.600. The fourth-order valence-corrected chi connectivity index (χ4v) is 3.24. The molecule has 98 valence electrons. The van der Waals surface area contributed by atoms with E-state index in [4.69, 9.17) is 5.14 Å². The van der Waals surface area contributed by atoms with E-state index in [-0.39, 0.29) is 6.42 Å². The minimum Gasteiger partial charge on any atom is -0.228 e. The number of primary sulfonamides is 1. The zero-order chi connectivity index (χ0) is 13.3. The Hall–Kier alpha value is -0.820. The summed E-state index contributed by atoms with van der Waals surface area (Å²) in [7, 11) is -4.10. The van der Waals surface area contributed by atoms with Crippen LogP contribution in [0.4, 0.5) is 13.2 Å². The van der Waals surface area contributed by atoms with Crippen LogP contribution in [-0.2, 0) is 10.0 Å². The first-order valence-electron chi connectivity index (χ1n) is 5.02. The Morgan fingerprint density at radius 3 is 2.35 bits per heavy atom. The lowest BCUT2D eigenvalue weighted by Crippen LogP contribution is -2.48. The van der Waals surface area contributed by atoms with Crippen molar-refractivity contribution in [3.8, 4) is 0 Å². The van der Waals surface area contributed by atoms with Gasteiger partial charge in [0.2, 0.25) is 10.0 Å². The molecule has 0 spiro atoms. The molecule has 0 aliphatic heterocycles. The van der Waals surface area contributed by atoms with E-state index in [1.54, 1.807) is 6.08 Å². The Kier molecular flexibility index (Phi) is 3.73. The average molecular weight is 269 g/mol. The second-order valence-electron chi connectivity index (χ2n) is 4.21. The average Bonchev–Trinajstić information content (AvgIpc) is 2.14. The smallest absolute Gasteiger partial charge is 0.228 e. The molecular weight excluding hydrogens is 255 g/mol. The van der Waals surface area contributed by atoms with Gasteiger partial charge in [-0.1, -0.05) is 31.2 Å². The Morgan fingerprint density at radius 2 is 2.00 bits per heavy atom. The molecule has 2 atom stereocenters. The summed E-state index contributed by atoms with van der Waals surface area (Å²) in [5.41, 5.74) is 0. The predicted octanol–water partition coefficient (Wildman–Crippen LogP) is 2.12. The maximum Gasteiger partial charge on any atom is 0.389 e. The first-order chi connectivity index (χ1) is 7.58. The van der Waals surface area contributed by atoms with Gasteiger partial charge in [0, 0.05) is 6.42 Å². The molecule has 17 heavy (non-hydrogen) atoms. The number of halogens is 3. The van der Waals surface area contributed by atoms with E-state index < -0.39 is 33.3 Å². The first kappa shape index (κ1) is 14.2. The van der Waals surface area contributed by atoms with Crippen LogP contribution in [0.2, 0.25) is 0 Å². The van der Waals surface area contributed by atoms with Crippen LogP contribution in [0.1, 0.15) is 19.8 Å². The molecule has 1 aliphatic carbocycles. The molecule has 0 saturated heterocycles. The van der Waals surface area contributed by atoms with Gasteiger partial charge in [-0.25, -0.2) is 13.6 Å². The van der Waals surface area contributed by atoms with Crippen LogP contribution >= 0.6 is 0 Å². The van der Waals surface area contributed by atoms with Gasteiger partial charge in [0.1, 0.15) is 4.75 Å². The van der Waals surface area contributed by atoms with E-state index in [2.05, 4.69) is 0 Å². The third kappa shape index (κ3) is 3.10. The van der Waals surface area contributed by atoms with Gasteiger partial charge in [-0.05, 0) is 12.3 Å². The Bertz CT molecular complexity index is 439. The molecule has 2 unspecified atom stereocenters. The molecule has 2 N–H and O–H groups in total. The van der Waals surface area contributed by atoms with Crippen molar-refractivity contribution < 1.29 is 21.6 Å². The predicted molar refractivity (Wildman–Crippen MR) is 58.6 cm³/mol. The van der Waals surface area contributed by atoms with Gasteiger partial charge in [-0.3, -0.25) is 0 Å². The van der Waals surface area contributed by atoms with Gasteiger partial charge in [0.25, 0.3) is 0 Å². The van der Waals surface area contributed by atoms with Crippen molar-refractivity contribution in [2.45, 2.75) is 30.7 Å². The van der Waals surface area contributed by atoms with E-state index in [9.17, 15) is 21.6 Å². The van der Waals surface area contributed by atoms with Gasteiger partial charge >= 0.3 is 6.18 Å². The molecular formula is C10H14F3NO2S. The minimum atomic E-state index is -4.41. The van der Waals surface area contributed by atoms with Crippen LogP contribution in [0.15, 0.2) is 24.3 Å². The molecule has 0 saturated carbocycles. The summed E-state index contributed by atoms with van der Waals surface area (Å²) in [6.07, 6.45) is 0.147. The third-order valence-corrected chi connectivity index (χ3v) is 4.73. The molecule has 0 amide bonds. The monoisotopic (exact) mass is 269 g/mol. The van der Waals surface area contributed by atoms with Crippen LogP contribution in [-0.4, -0.2) is 19.3 Å². The van der Waals surface area contributed by atoms with Crippen molar-refractivity contribution in [1.82, 2.24) is 0 Å². The molecule has 0 aromatic rings. The fourth-order valence-electron chi connectivity index (χ4n) is 1.99. The highest BCUT2D eigenvalue weighted by Gasteiger charge is 2.47. The van der Waals surface area contributed by atoms with Crippen molar-refractivity contribution in [1.29, 1.82) is 0 Å². The molecule has 0 radical (unpaired) electrons. The number of rotatable bonds is 3. The second kappa shape index (κ2) is 4.45. The maximum absolute atomic E-state index is 12.3. The summed E-state index contributed by atoms with van der Waals surface area (Å²) in [5.74, 6) is -1.13. The Labute approximate surface area is 98.2 Å². The van der Waals surface area contributed by atoms with Crippen LogP contribution < -0.4 is 5.14 Å². The van der Waals surface area contributed by atoms with E-state index in [0.29, 0.717) is 0 Å². The quantitative estimate of drug-likeness (QED) is 0.853. The van der Waals surface area contributed by atoms with Crippen molar-refractivity contribution in [2.75, 3.05) is 0 Å². The minimum absolute atomic E-state index is 0.0282. The first-order valence-corrected chi connectivity index (χ1v) is 6.56. The summed E-state index contributed by atoms with van der Waals surface area (Å²) < 4.78 is 58.5. The van der Waals surface area contributed by atoms with Crippen molar-refractivity contribution >= 4 is 10.0 Å². The van der Waals surface area contributed by atoms with Gasteiger partial charge in [0.05, 0.1) is 0 Å². The van der Waals surface area contributed by atoms with Gasteiger partial charge < -0.3 is 0 Å². The summed E-state index contributed by atoms with van der Waals surface area (Å²) in [6.45, 7) is 1.25. The lowest BCUT2D eigenvalue weighted by atomic mass is 9.85. The molecule has 1 rings (SSSR count). The molecule has 0 bridgehead atoms. The van der Waals surface area contributed by atoms with Crippen LogP contribution in [0.5, 0.6) is 0 Å². The van der Waals surface area contributed by atoms with Crippen LogP contribution in [0.25, 0.3) is 0 Å². The standard InChI is InChI=1S/C10H14F3NO2S/c1-8(7-10(11,12)13)9(17(14,15)16)5-3-2-4-6-9/h2-5,8H,6-7H2,1H3,(H2,14,15,16). The number of nitrogens with two attached hydrogens (primary N) is 1. The number of allylic oxidation sites excluding steroid dienone is 3. The maximum atomic E-state index is 12.3. The van der Waals surface area contributed by atoms with E-state index in [1.165, 1.54) is 25.2 Å². The van der Waals surface area contributed by atoms with Gasteiger partial charge in [-0.15, -0.1) is 0 Å². The van der Waals surface area contributed by atoms with Gasteiger partial charge in [-0.2, -0.15) is 13.2 Å². The lowest BCUT2D eigenvalue weighted by molar-refractivity contribution is -0.144. The second-order valence-corrected chi connectivity index (χ2v) is 6.06. The molecule has 7 heteroatoms. The van der Waals surface area contributed by atoms with E-state index in [1.807, 2.05) is 0 Å². The molecule has 1 aliphatic rings. The third-order valence-electron chi connectivity index (χ3n) is 2.96. The summed E-state index contributed by atoms with van der Waals surface area (Å²) in [6, 6.07) is 0. The largest absolute Gasteiger partial charge is 0.389 e. The number of sulfonamides is 1. The van der Waals surface area contributed by atoms with E-state index >= 15 is 0 Å². The molecule has 0 aromatic heterocycles. The van der Waals surface area contributed by atoms with E-state index in [0.717, 1.165) is 0 Å². The number of alkyl halides is 3. The summed E-state index contributed by atoms with van der Waals surface area (Å²) in [5, 5.41) is 5.08. The SMILES string of the molecule is CC(CC(F)(F)F)C1(S(N)(=O)=O)C=CC=CC1. The van der Waals surface area contributed by atoms with Crippen LogP contribution in [0.3, 0.4) is 0 Å². The molecule has 0 fully saturated rings. The highest BCUT2D eigenvalue weighted by atomic mass is 32.2. The Balaban J connectivity index is 3.09. The normalized spacial score (nSPS) is 27.1. The number of hydrogen-bond acceptors (Lipinski definition) is 2. The lowest BCUT2D eigenvalue weighted by Gasteiger charge is -2.35. The molecule has 3 nitrogen and oxygen atoms in total. The molecule has 0 heterocycles.